The van der Waals surface area contributed by atoms with E-state index in [1.54, 1.807) is 23.1 Å². The number of fused-ring (bicyclic) bond motifs is 1. The van der Waals surface area contributed by atoms with Crippen molar-refractivity contribution in [2.75, 3.05) is 6.26 Å². The van der Waals surface area contributed by atoms with Crippen LogP contribution in [-0.4, -0.2) is 11.4 Å². The second-order valence-electron chi connectivity index (χ2n) is 3.09. The van der Waals surface area contributed by atoms with E-state index in [4.69, 9.17) is 0 Å². The summed E-state index contributed by atoms with van der Waals surface area (Å²) in [7, 11) is 0. The number of thioether (sulfide) groups is 1. The van der Waals surface area contributed by atoms with E-state index < -0.39 is 0 Å². The number of aromatic hydroxyl groups is 1. The molecule has 0 spiro atoms. The highest BCUT2D eigenvalue weighted by Gasteiger charge is 2.09. The van der Waals surface area contributed by atoms with E-state index >= 15 is 0 Å². The van der Waals surface area contributed by atoms with Crippen LogP contribution in [0.2, 0.25) is 0 Å². The SMILES string of the molecule is CCc1sc2cc(SC)ccc2c1O. The molecule has 0 fully saturated rings. The van der Waals surface area contributed by atoms with Crippen molar-refractivity contribution in [1.82, 2.24) is 0 Å². The van der Waals surface area contributed by atoms with Gasteiger partial charge in [0.05, 0.1) is 0 Å². The quantitative estimate of drug-likeness (QED) is 0.781. The van der Waals surface area contributed by atoms with Crippen LogP contribution in [0.15, 0.2) is 23.1 Å². The smallest absolute Gasteiger partial charge is 0.137 e. The van der Waals surface area contributed by atoms with Gasteiger partial charge in [0.15, 0.2) is 0 Å². The third kappa shape index (κ3) is 1.51. The summed E-state index contributed by atoms with van der Waals surface area (Å²) in [6, 6.07) is 6.20. The minimum Gasteiger partial charge on any atom is -0.506 e. The number of hydrogen-bond acceptors (Lipinski definition) is 3. The molecule has 0 saturated carbocycles. The molecular weight excluding hydrogens is 212 g/mol. The second kappa shape index (κ2) is 3.83. The van der Waals surface area contributed by atoms with Gasteiger partial charge in [-0.05, 0) is 30.9 Å². The number of hydrogen-bond donors (Lipinski definition) is 1. The maximum Gasteiger partial charge on any atom is 0.137 e. The first kappa shape index (κ1) is 9.87. The molecule has 2 aromatic rings. The predicted octanol–water partition coefficient (Wildman–Crippen LogP) is 3.89. The van der Waals surface area contributed by atoms with E-state index in [0.29, 0.717) is 5.75 Å². The number of rotatable bonds is 2. The predicted molar refractivity (Wildman–Crippen MR) is 64.6 cm³/mol. The fraction of sp³-hybridized carbons (Fsp3) is 0.273. The molecule has 0 atom stereocenters. The molecule has 1 nitrogen and oxygen atoms in total. The van der Waals surface area contributed by atoms with Gasteiger partial charge in [0, 0.05) is 19.9 Å². The molecule has 0 radical (unpaired) electrons. The first-order chi connectivity index (χ1) is 6.76. The van der Waals surface area contributed by atoms with Gasteiger partial charge in [0.25, 0.3) is 0 Å². The van der Waals surface area contributed by atoms with Crippen LogP contribution in [0.5, 0.6) is 5.75 Å². The van der Waals surface area contributed by atoms with Crippen molar-refractivity contribution in [2.45, 2.75) is 18.2 Å². The van der Waals surface area contributed by atoms with Crippen LogP contribution in [0.25, 0.3) is 10.1 Å². The van der Waals surface area contributed by atoms with E-state index in [0.717, 1.165) is 16.7 Å². The molecule has 1 aromatic heterocycles. The lowest BCUT2D eigenvalue weighted by Crippen LogP contribution is -1.70. The summed E-state index contributed by atoms with van der Waals surface area (Å²) in [6.07, 6.45) is 2.97. The van der Waals surface area contributed by atoms with Crippen LogP contribution in [-0.2, 0) is 6.42 Å². The fourth-order valence-electron chi connectivity index (χ4n) is 1.48. The molecule has 0 aliphatic heterocycles. The molecule has 0 amide bonds. The van der Waals surface area contributed by atoms with E-state index in [-0.39, 0.29) is 0 Å². The van der Waals surface area contributed by atoms with E-state index in [9.17, 15) is 5.11 Å². The van der Waals surface area contributed by atoms with Crippen LogP contribution in [0.1, 0.15) is 11.8 Å². The Bertz CT molecular complexity index is 460. The van der Waals surface area contributed by atoms with Crippen molar-refractivity contribution in [1.29, 1.82) is 0 Å². The minimum atomic E-state index is 0.472. The zero-order chi connectivity index (χ0) is 10.1. The summed E-state index contributed by atoms with van der Waals surface area (Å²) in [6.45, 7) is 2.07. The normalized spacial score (nSPS) is 11.0. The molecule has 1 N–H and O–H groups in total. The van der Waals surface area contributed by atoms with Crippen molar-refractivity contribution in [3.63, 3.8) is 0 Å². The third-order valence-electron chi connectivity index (χ3n) is 2.26. The molecule has 14 heavy (non-hydrogen) atoms. The highest BCUT2D eigenvalue weighted by atomic mass is 32.2. The minimum absolute atomic E-state index is 0.472. The van der Waals surface area contributed by atoms with Crippen molar-refractivity contribution >= 4 is 33.2 Å². The van der Waals surface area contributed by atoms with Crippen molar-refractivity contribution < 1.29 is 5.11 Å². The molecule has 0 bridgehead atoms. The highest BCUT2D eigenvalue weighted by molar-refractivity contribution is 7.98. The lowest BCUT2D eigenvalue weighted by atomic mass is 10.2. The monoisotopic (exact) mass is 224 g/mol. The Kier molecular flexibility index (Phi) is 2.70. The van der Waals surface area contributed by atoms with Crippen LogP contribution in [0, 0.1) is 0 Å². The van der Waals surface area contributed by atoms with Gasteiger partial charge in [0.1, 0.15) is 5.75 Å². The first-order valence-electron chi connectivity index (χ1n) is 4.54. The average molecular weight is 224 g/mol. The number of benzene rings is 1. The summed E-state index contributed by atoms with van der Waals surface area (Å²) < 4.78 is 1.19. The van der Waals surface area contributed by atoms with Crippen molar-refractivity contribution in [2.24, 2.45) is 0 Å². The zero-order valence-electron chi connectivity index (χ0n) is 8.20. The first-order valence-corrected chi connectivity index (χ1v) is 6.58. The molecule has 3 heteroatoms. The van der Waals surface area contributed by atoms with Crippen LogP contribution >= 0.6 is 23.1 Å². The molecule has 0 aliphatic rings. The Morgan fingerprint density at radius 1 is 1.43 bits per heavy atom. The summed E-state index contributed by atoms with van der Waals surface area (Å²) in [4.78, 5) is 2.33. The third-order valence-corrected chi connectivity index (χ3v) is 4.27. The number of aryl methyl sites for hydroxylation is 1. The van der Waals surface area contributed by atoms with Crippen LogP contribution in [0.3, 0.4) is 0 Å². The Morgan fingerprint density at radius 3 is 2.86 bits per heavy atom. The Hall–Kier alpha value is -0.670. The number of thiophene rings is 1. The van der Waals surface area contributed by atoms with Gasteiger partial charge in [-0.25, -0.2) is 0 Å². The maximum absolute atomic E-state index is 9.86. The largest absolute Gasteiger partial charge is 0.506 e. The zero-order valence-corrected chi connectivity index (χ0v) is 9.84. The highest BCUT2D eigenvalue weighted by Crippen LogP contribution is 2.38. The standard InChI is InChI=1S/C11H12OS2/c1-3-9-11(12)8-5-4-7(13-2)6-10(8)14-9/h4-6,12H,3H2,1-2H3. The van der Waals surface area contributed by atoms with Gasteiger partial charge in [-0.2, -0.15) is 0 Å². The van der Waals surface area contributed by atoms with Crippen LogP contribution in [0.4, 0.5) is 0 Å². The Balaban J connectivity index is 2.66. The second-order valence-corrected chi connectivity index (χ2v) is 5.11. The Morgan fingerprint density at radius 2 is 2.21 bits per heavy atom. The average Bonchev–Trinajstić information content (AvgIpc) is 2.55. The summed E-state index contributed by atoms with van der Waals surface area (Å²) in [5.41, 5.74) is 0. The van der Waals surface area contributed by atoms with Gasteiger partial charge < -0.3 is 5.11 Å². The molecule has 0 saturated heterocycles. The van der Waals surface area contributed by atoms with Gasteiger partial charge >= 0.3 is 0 Å². The summed E-state index contributed by atoms with van der Waals surface area (Å²) in [5.74, 6) is 0.472. The van der Waals surface area contributed by atoms with Crippen LogP contribution < -0.4 is 0 Å². The van der Waals surface area contributed by atoms with Crippen molar-refractivity contribution in [3.05, 3.63) is 23.1 Å². The van der Waals surface area contributed by atoms with Gasteiger partial charge in [-0.1, -0.05) is 6.92 Å². The van der Waals surface area contributed by atoms with E-state index in [1.807, 2.05) is 6.07 Å². The fourth-order valence-corrected chi connectivity index (χ4v) is 3.07. The topological polar surface area (TPSA) is 20.2 Å². The van der Waals surface area contributed by atoms with E-state index in [1.165, 1.54) is 9.60 Å². The van der Waals surface area contributed by atoms with Crippen molar-refractivity contribution in [3.8, 4) is 5.75 Å². The molecule has 0 aliphatic carbocycles. The molecule has 1 aromatic carbocycles. The maximum atomic E-state index is 9.86. The molecule has 1 heterocycles. The lowest BCUT2D eigenvalue weighted by Gasteiger charge is -1.95. The lowest BCUT2D eigenvalue weighted by molar-refractivity contribution is 0.478. The molecule has 2 rings (SSSR count). The summed E-state index contributed by atoms with van der Waals surface area (Å²) >= 11 is 3.42. The summed E-state index contributed by atoms with van der Waals surface area (Å²) in [5, 5.41) is 10.8. The molecule has 0 unspecified atom stereocenters. The van der Waals surface area contributed by atoms with Gasteiger partial charge in [0.2, 0.25) is 0 Å². The molecular formula is C11H12OS2. The van der Waals surface area contributed by atoms with Gasteiger partial charge in [-0.15, -0.1) is 23.1 Å². The van der Waals surface area contributed by atoms with Gasteiger partial charge in [-0.3, -0.25) is 0 Å². The Labute approximate surface area is 91.8 Å². The molecule has 74 valence electrons. The van der Waals surface area contributed by atoms with E-state index in [2.05, 4.69) is 25.3 Å².